The SMILES string of the molecule is COC(=O)Cn1cc(I)c2c(=O)n(C)cnc21. The minimum atomic E-state index is -0.374. The monoisotopic (exact) mass is 347 g/mol. The number of carbonyl (C=O) groups is 1. The first-order valence-corrected chi connectivity index (χ1v) is 5.89. The fourth-order valence-corrected chi connectivity index (χ4v) is 2.35. The molecule has 0 saturated carbocycles. The Kier molecular flexibility index (Phi) is 3.18. The molecule has 0 aliphatic rings. The highest BCUT2D eigenvalue weighted by molar-refractivity contribution is 14.1. The number of halogens is 1. The minimum absolute atomic E-state index is 0.0518. The van der Waals surface area contributed by atoms with E-state index >= 15 is 0 Å². The number of ether oxygens (including phenoxy) is 1. The van der Waals surface area contributed by atoms with Crippen LogP contribution in [0.1, 0.15) is 0 Å². The molecule has 6 nitrogen and oxygen atoms in total. The van der Waals surface area contributed by atoms with Crippen molar-refractivity contribution in [3.8, 4) is 0 Å². The number of aromatic nitrogens is 3. The van der Waals surface area contributed by atoms with Crippen LogP contribution in [-0.2, 0) is 23.1 Å². The summed E-state index contributed by atoms with van der Waals surface area (Å²) in [6, 6.07) is 0. The van der Waals surface area contributed by atoms with Crippen molar-refractivity contribution in [2.75, 3.05) is 7.11 Å². The minimum Gasteiger partial charge on any atom is -0.468 e. The second kappa shape index (κ2) is 4.47. The Hall–Kier alpha value is -1.38. The molecule has 0 spiro atoms. The van der Waals surface area contributed by atoms with E-state index in [0.717, 1.165) is 3.57 Å². The third-order valence-corrected chi connectivity index (χ3v) is 3.24. The van der Waals surface area contributed by atoms with E-state index in [0.29, 0.717) is 11.0 Å². The van der Waals surface area contributed by atoms with E-state index in [-0.39, 0.29) is 18.1 Å². The van der Waals surface area contributed by atoms with Crippen LogP contribution < -0.4 is 5.56 Å². The molecule has 17 heavy (non-hydrogen) atoms. The van der Waals surface area contributed by atoms with Gasteiger partial charge in [0, 0.05) is 16.8 Å². The van der Waals surface area contributed by atoms with Gasteiger partial charge in [-0.15, -0.1) is 0 Å². The Morgan fingerprint density at radius 1 is 1.59 bits per heavy atom. The number of hydrogen-bond donors (Lipinski definition) is 0. The summed E-state index contributed by atoms with van der Waals surface area (Å²) in [5, 5.41) is 0.527. The zero-order valence-corrected chi connectivity index (χ0v) is 11.5. The van der Waals surface area contributed by atoms with Crippen molar-refractivity contribution >= 4 is 39.6 Å². The Balaban J connectivity index is 2.64. The Morgan fingerprint density at radius 3 is 2.94 bits per heavy atom. The van der Waals surface area contributed by atoms with E-state index in [2.05, 4.69) is 32.3 Å². The number of aryl methyl sites for hydroxylation is 1. The Bertz CT molecular complexity index is 644. The van der Waals surface area contributed by atoms with Crippen molar-refractivity contribution in [1.29, 1.82) is 0 Å². The largest absolute Gasteiger partial charge is 0.468 e. The topological polar surface area (TPSA) is 66.1 Å². The normalized spacial score (nSPS) is 10.8. The molecule has 0 aromatic carbocycles. The molecule has 0 aliphatic heterocycles. The summed E-state index contributed by atoms with van der Waals surface area (Å²) in [5.74, 6) is -0.374. The lowest BCUT2D eigenvalue weighted by Gasteiger charge is -2.02. The maximum Gasteiger partial charge on any atom is 0.325 e. The van der Waals surface area contributed by atoms with Gasteiger partial charge in [0.1, 0.15) is 12.2 Å². The van der Waals surface area contributed by atoms with Crippen LogP contribution in [0.5, 0.6) is 0 Å². The second-order valence-corrected chi connectivity index (χ2v) is 4.70. The highest BCUT2D eigenvalue weighted by Gasteiger charge is 2.14. The third-order valence-electron chi connectivity index (χ3n) is 2.42. The lowest BCUT2D eigenvalue weighted by Crippen LogP contribution is -2.18. The summed E-state index contributed by atoms with van der Waals surface area (Å²) in [6.45, 7) is 0.0518. The van der Waals surface area contributed by atoms with E-state index in [9.17, 15) is 9.59 Å². The third kappa shape index (κ3) is 2.06. The van der Waals surface area contributed by atoms with Gasteiger partial charge >= 0.3 is 5.97 Å². The molecule has 0 saturated heterocycles. The summed E-state index contributed by atoms with van der Waals surface area (Å²) in [4.78, 5) is 27.3. The highest BCUT2D eigenvalue weighted by Crippen LogP contribution is 2.17. The maximum absolute atomic E-state index is 11.9. The van der Waals surface area contributed by atoms with E-state index in [4.69, 9.17) is 0 Å². The zero-order valence-electron chi connectivity index (χ0n) is 9.31. The first-order chi connectivity index (χ1) is 8.04. The second-order valence-electron chi connectivity index (χ2n) is 3.54. The van der Waals surface area contributed by atoms with Crippen LogP contribution in [0.2, 0.25) is 0 Å². The average Bonchev–Trinajstić information content (AvgIpc) is 2.61. The molecule has 0 bridgehead atoms. The van der Waals surface area contributed by atoms with Crippen LogP contribution in [0, 0.1) is 3.57 Å². The van der Waals surface area contributed by atoms with Crippen LogP contribution in [0.4, 0.5) is 0 Å². The first kappa shape index (κ1) is 12.1. The van der Waals surface area contributed by atoms with Crippen molar-refractivity contribution in [1.82, 2.24) is 14.1 Å². The van der Waals surface area contributed by atoms with Gasteiger partial charge < -0.3 is 13.9 Å². The van der Waals surface area contributed by atoms with Gasteiger partial charge in [0.05, 0.1) is 18.8 Å². The van der Waals surface area contributed by atoms with Crippen molar-refractivity contribution in [3.63, 3.8) is 0 Å². The molecule has 0 aliphatic carbocycles. The first-order valence-electron chi connectivity index (χ1n) is 4.81. The molecule has 0 radical (unpaired) electrons. The lowest BCUT2D eigenvalue weighted by atomic mass is 10.4. The van der Waals surface area contributed by atoms with Gasteiger partial charge in [-0.25, -0.2) is 4.98 Å². The number of methoxy groups -OCH3 is 1. The summed E-state index contributed by atoms with van der Waals surface area (Å²) >= 11 is 2.05. The van der Waals surface area contributed by atoms with Gasteiger partial charge in [-0.3, -0.25) is 9.59 Å². The number of rotatable bonds is 2. The molecule has 0 atom stereocenters. The molecule has 7 heteroatoms. The van der Waals surface area contributed by atoms with Crippen LogP contribution in [0.3, 0.4) is 0 Å². The van der Waals surface area contributed by atoms with Crippen LogP contribution >= 0.6 is 22.6 Å². The smallest absolute Gasteiger partial charge is 0.325 e. The molecular formula is C10H10IN3O3. The van der Waals surface area contributed by atoms with Gasteiger partial charge in [-0.1, -0.05) is 0 Å². The van der Waals surface area contributed by atoms with Gasteiger partial charge in [0.15, 0.2) is 0 Å². The lowest BCUT2D eigenvalue weighted by molar-refractivity contribution is -0.141. The van der Waals surface area contributed by atoms with Crippen molar-refractivity contribution < 1.29 is 9.53 Å². The van der Waals surface area contributed by atoms with Gasteiger partial charge in [-0.05, 0) is 22.6 Å². The predicted octanol–water partition coefficient (Wildman–Crippen LogP) is 0.513. The zero-order chi connectivity index (χ0) is 12.6. The summed E-state index contributed by atoms with van der Waals surface area (Å²) in [5.41, 5.74) is 0.380. The molecular weight excluding hydrogens is 337 g/mol. The van der Waals surface area contributed by atoms with Gasteiger partial charge in [-0.2, -0.15) is 0 Å². The average molecular weight is 347 g/mol. The van der Waals surface area contributed by atoms with E-state index < -0.39 is 0 Å². The molecule has 0 fully saturated rings. The number of hydrogen-bond acceptors (Lipinski definition) is 4. The number of nitrogens with zero attached hydrogens (tertiary/aromatic N) is 3. The van der Waals surface area contributed by atoms with Crippen LogP contribution in [-0.4, -0.2) is 27.2 Å². The Labute approximate surface area is 110 Å². The van der Waals surface area contributed by atoms with Crippen LogP contribution in [0.15, 0.2) is 17.3 Å². The summed E-state index contributed by atoms with van der Waals surface area (Å²) < 4.78 is 8.39. The predicted molar refractivity (Wildman–Crippen MR) is 69.7 cm³/mol. The standard InChI is InChI=1S/C10H10IN3O3/c1-13-5-12-9-8(10(13)16)6(11)3-14(9)4-7(15)17-2/h3,5H,4H2,1-2H3. The fourth-order valence-electron chi connectivity index (χ4n) is 1.54. The van der Waals surface area contributed by atoms with Gasteiger partial charge in [0.2, 0.25) is 0 Å². The quantitative estimate of drug-likeness (QED) is 0.587. The highest BCUT2D eigenvalue weighted by atomic mass is 127. The molecule has 0 amide bonds. The molecule has 2 heterocycles. The maximum atomic E-state index is 11.9. The molecule has 2 aromatic rings. The number of fused-ring (bicyclic) bond motifs is 1. The van der Waals surface area contributed by atoms with Crippen molar-refractivity contribution in [2.24, 2.45) is 7.05 Å². The molecule has 90 valence electrons. The summed E-state index contributed by atoms with van der Waals surface area (Å²) in [6.07, 6.45) is 3.16. The van der Waals surface area contributed by atoms with E-state index in [1.165, 1.54) is 18.0 Å². The fraction of sp³-hybridized carbons (Fsp3) is 0.300. The van der Waals surface area contributed by atoms with E-state index in [1.807, 2.05) is 0 Å². The Morgan fingerprint density at radius 2 is 2.29 bits per heavy atom. The molecule has 2 aromatic heterocycles. The van der Waals surface area contributed by atoms with Crippen molar-refractivity contribution in [3.05, 3.63) is 26.4 Å². The van der Waals surface area contributed by atoms with Crippen LogP contribution in [0.25, 0.3) is 11.0 Å². The van der Waals surface area contributed by atoms with E-state index in [1.54, 1.807) is 17.8 Å². The summed E-state index contributed by atoms with van der Waals surface area (Å²) in [7, 11) is 2.97. The molecule has 0 N–H and O–H groups in total. The van der Waals surface area contributed by atoms with Gasteiger partial charge in [0.25, 0.3) is 5.56 Å². The molecule has 2 rings (SSSR count). The number of esters is 1. The van der Waals surface area contributed by atoms with Crippen molar-refractivity contribution in [2.45, 2.75) is 6.54 Å². The number of carbonyl (C=O) groups excluding carboxylic acids is 1. The molecule has 0 unspecified atom stereocenters.